The van der Waals surface area contributed by atoms with Gasteiger partial charge in [-0.2, -0.15) is 9.97 Å². The van der Waals surface area contributed by atoms with E-state index in [-0.39, 0.29) is 48.9 Å². The van der Waals surface area contributed by atoms with Crippen molar-refractivity contribution in [1.82, 2.24) is 9.97 Å². The number of rotatable bonds is 3. The van der Waals surface area contributed by atoms with E-state index >= 15 is 0 Å². The van der Waals surface area contributed by atoms with E-state index in [1.54, 1.807) is 0 Å². The van der Waals surface area contributed by atoms with Crippen LogP contribution in [0.15, 0.2) is 6.07 Å². The average molecular weight is 423 g/mol. The lowest BCUT2D eigenvalue weighted by Crippen LogP contribution is -2.30. The number of hydrogen-bond acceptors (Lipinski definition) is 6. The van der Waals surface area contributed by atoms with Crippen molar-refractivity contribution in [3.05, 3.63) is 37.3 Å². The Morgan fingerprint density at radius 3 is 1.80 bits per heavy atom. The zero-order valence-electron chi connectivity index (χ0n) is 12.6. The molecule has 7 nitrogen and oxygen atoms in total. The van der Waals surface area contributed by atoms with Gasteiger partial charge in [-0.1, -0.05) is 46.4 Å². The van der Waals surface area contributed by atoms with E-state index in [0.717, 1.165) is 4.90 Å². The average Bonchev–Trinajstić information content (AvgIpc) is 2.88. The molecule has 0 unspecified atom stereocenters. The fraction of sp³-hybridized carbons (Fsp3) is 0.143. The minimum Gasteiger partial charge on any atom is -0.481 e. The molecule has 0 bridgehead atoms. The third kappa shape index (κ3) is 2.67. The van der Waals surface area contributed by atoms with Crippen LogP contribution in [0.1, 0.15) is 20.7 Å². The summed E-state index contributed by atoms with van der Waals surface area (Å²) in [4.78, 5) is 34.2. The number of aromatic nitrogens is 2. The molecule has 25 heavy (non-hydrogen) atoms. The lowest BCUT2D eigenvalue weighted by Gasteiger charge is -2.14. The third-order valence-corrected chi connectivity index (χ3v) is 5.19. The first kappa shape index (κ1) is 18.0. The fourth-order valence-electron chi connectivity index (χ4n) is 2.26. The maximum atomic E-state index is 12.8. The highest BCUT2D eigenvalue weighted by Gasteiger charge is 2.43. The molecule has 2 amide bonds. The summed E-state index contributed by atoms with van der Waals surface area (Å²) in [6.45, 7) is 0. The Kier molecular flexibility index (Phi) is 4.68. The molecule has 3 rings (SSSR count). The van der Waals surface area contributed by atoms with Crippen LogP contribution in [-0.4, -0.2) is 36.0 Å². The Morgan fingerprint density at radius 1 is 0.840 bits per heavy atom. The van der Waals surface area contributed by atoms with Crippen LogP contribution in [0, 0.1) is 0 Å². The largest absolute Gasteiger partial charge is 0.481 e. The molecule has 0 aliphatic carbocycles. The monoisotopic (exact) mass is 421 g/mol. The first-order valence-corrected chi connectivity index (χ1v) is 8.04. The van der Waals surface area contributed by atoms with Gasteiger partial charge in [-0.25, -0.2) is 4.90 Å². The highest BCUT2D eigenvalue weighted by atomic mass is 35.5. The summed E-state index contributed by atoms with van der Waals surface area (Å²) >= 11 is 24.1. The van der Waals surface area contributed by atoms with Gasteiger partial charge in [0.15, 0.2) is 5.82 Å². The van der Waals surface area contributed by atoms with E-state index in [1.807, 2.05) is 0 Å². The van der Waals surface area contributed by atoms with E-state index in [2.05, 4.69) is 9.97 Å². The van der Waals surface area contributed by atoms with Crippen LogP contribution in [0.3, 0.4) is 0 Å². The van der Waals surface area contributed by atoms with E-state index in [4.69, 9.17) is 55.9 Å². The molecule has 1 aliphatic rings. The van der Waals surface area contributed by atoms with Crippen LogP contribution < -0.4 is 14.4 Å². The number of methoxy groups -OCH3 is 2. The zero-order chi connectivity index (χ0) is 18.5. The van der Waals surface area contributed by atoms with Gasteiger partial charge in [0.05, 0.1) is 45.4 Å². The first-order valence-electron chi connectivity index (χ1n) is 6.53. The van der Waals surface area contributed by atoms with Crippen molar-refractivity contribution in [3.8, 4) is 11.9 Å². The molecular formula is C14H7Cl4N3O4. The molecule has 2 aromatic rings. The number of carbonyl (C=O) groups excluding carboxylic acids is 2. The Hall–Kier alpha value is -1.80. The predicted octanol–water partition coefficient (Wildman–Crippen LogP) is 3.91. The molecule has 0 N–H and O–H groups in total. The minimum atomic E-state index is -0.756. The topological polar surface area (TPSA) is 81.6 Å². The predicted molar refractivity (Wildman–Crippen MR) is 92.8 cm³/mol. The highest BCUT2D eigenvalue weighted by molar-refractivity contribution is 6.56. The second-order valence-electron chi connectivity index (χ2n) is 4.71. The van der Waals surface area contributed by atoms with Gasteiger partial charge in [0.25, 0.3) is 11.8 Å². The molecule has 2 heterocycles. The highest BCUT2D eigenvalue weighted by Crippen LogP contribution is 2.45. The van der Waals surface area contributed by atoms with Crippen molar-refractivity contribution in [2.75, 3.05) is 19.1 Å². The smallest absolute Gasteiger partial charge is 0.321 e. The van der Waals surface area contributed by atoms with Crippen LogP contribution in [-0.2, 0) is 0 Å². The van der Waals surface area contributed by atoms with Crippen LogP contribution in [0.5, 0.6) is 11.9 Å². The summed E-state index contributed by atoms with van der Waals surface area (Å²) < 4.78 is 9.96. The van der Waals surface area contributed by atoms with Crippen molar-refractivity contribution in [3.63, 3.8) is 0 Å². The summed E-state index contributed by atoms with van der Waals surface area (Å²) in [6, 6.07) is 1.19. The molecule has 130 valence electrons. The number of carbonyl (C=O) groups is 2. The molecule has 0 fully saturated rings. The summed E-state index contributed by atoms with van der Waals surface area (Å²) in [7, 11) is 2.69. The second-order valence-corrected chi connectivity index (χ2v) is 6.22. The summed E-state index contributed by atoms with van der Waals surface area (Å²) in [6.07, 6.45) is 0. The lowest BCUT2D eigenvalue weighted by atomic mass is 10.1. The van der Waals surface area contributed by atoms with Crippen LogP contribution in [0.25, 0.3) is 0 Å². The van der Waals surface area contributed by atoms with Crippen molar-refractivity contribution in [2.24, 2.45) is 0 Å². The standard InChI is InChI=1S/C14H7Cl4N3O4/c1-24-5-3-4(19-14(20-5)25-2)21-12(22)6-7(13(21)23)9(16)11(18)10(17)8(6)15/h3H,1-2H3. The van der Waals surface area contributed by atoms with Crippen LogP contribution in [0.4, 0.5) is 5.82 Å². The number of benzene rings is 1. The van der Waals surface area contributed by atoms with Crippen LogP contribution >= 0.6 is 46.4 Å². The number of imide groups is 1. The first-order chi connectivity index (χ1) is 11.8. The van der Waals surface area contributed by atoms with E-state index in [0.29, 0.717) is 0 Å². The van der Waals surface area contributed by atoms with Gasteiger partial charge < -0.3 is 9.47 Å². The minimum absolute atomic E-state index is 0.0747. The zero-order valence-corrected chi connectivity index (χ0v) is 15.6. The molecule has 11 heteroatoms. The SMILES string of the molecule is COc1cc(N2C(=O)c3c(Cl)c(Cl)c(Cl)c(Cl)c3C2=O)nc(OC)n1. The van der Waals surface area contributed by atoms with Gasteiger partial charge in [-0.05, 0) is 0 Å². The van der Waals surface area contributed by atoms with Gasteiger partial charge in [0.1, 0.15) is 0 Å². The molecule has 0 saturated heterocycles. The van der Waals surface area contributed by atoms with E-state index in [1.165, 1.54) is 20.3 Å². The maximum Gasteiger partial charge on any atom is 0.321 e. The third-order valence-electron chi connectivity index (χ3n) is 3.39. The van der Waals surface area contributed by atoms with Crippen molar-refractivity contribution >= 4 is 64.0 Å². The van der Waals surface area contributed by atoms with Gasteiger partial charge >= 0.3 is 6.01 Å². The summed E-state index contributed by atoms with van der Waals surface area (Å²) in [5, 5.41) is -0.569. The molecule has 1 aliphatic heterocycles. The van der Waals surface area contributed by atoms with Crippen molar-refractivity contribution in [1.29, 1.82) is 0 Å². The number of ether oxygens (including phenoxy) is 2. The van der Waals surface area contributed by atoms with Gasteiger partial charge in [-0.15, -0.1) is 0 Å². The van der Waals surface area contributed by atoms with E-state index < -0.39 is 11.8 Å². The summed E-state index contributed by atoms with van der Waals surface area (Å²) in [5.74, 6) is -1.50. The van der Waals surface area contributed by atoms with Crippen molar-refractivity contribution in [2.45, 2.75) is 0 Å². The number of halogens is 4. The number of hydrogen-bond donors (Lipinski definition) is 0. The lowest BCUT2D eigenvalue weighted by molar-refractivity contribution is 0.0925. The normalized spacial score (nSPS) is 13.3. The van der Waals surface area contributed by atoms with Crippen LogP contribution in [0.2, 0.25) is 20.1 Å². The fourth-order valence-corrected chi connectivity index (χ4v) is 3.27. The Labute approximate surface area is 161 Å². The van der Waals surface area contributed by atoms with Gasteiger partial charge in [0.2, 0.25) is 5.88 Å². The van der Waals surface area contributed by atoms with Gasteiger partial charge in [-0.3, -0.25) is 9.59 Å². The second kappa shape index (κ2) is 6.49. The summed E-state index contributed by atoms with van der Waals surface area (Å²) in [5.41, 5.74) is -0.301. The Bertz CT molecular complexity index is 866. The molecule has 0 radical (unpaired) electrons. The molecule has 0 spiro atoms. The molecular weight excluding hydrogens is 416 g/mol. The van der Waals surface area contributed by atoms with E-state index in [9.17, 15) is 9.59 Å². The number of amides is 2. The molecule has 0 saturated carbocycles. The molecule has 1 aromatic carbocycles. The number of nitrogens with zero attached hydrogens (tertiary/aromatic N) is 3. The quantitative estimate of drug-likeness (QED) is 0.423. The van der Waals surface area contributed by atoms with Gasteiger partial charge in [0, 0.05) is 6.07 Å². The molecule has 0 atom stereocenters. The number of anilines is 1. The maximum absolute atomic E-state index is 12.8. The number of fused-ring (bicyclic) bond motifs is 1. The van der Waals surface area contributed by atoms with Crippen molar-refractivity contribution < 1.29 is 19.1 Å². The Morgan fingerprint density at radius 2 is 1.36 bits per heavy atom. The molecule has 1 aromatic heterocycles. The Balaban J connectivity index is 2.22.